The lowest BCUT2D eigenvalue weighted by Gasteiger charge is -2.35. The van der Waals surface area contributed by atoms with Crippen molar-refractivity contribution in [1.29, 1.82) is 0 Å². The quantitative estimate of drug-likeness (QED) is 0.150. The van der Waals surface area contributed by atoms with Gasteiger partial charge in [-0.25, -0.2) is 0 Å². The highest BCUT2D eigenvalue weighted by Crippen LogP contribution is 2.22. The van der Waals surface area contributed by atoms with Crippen molar-refractivity contribution in [2.75, 3.05) is 53.0 Å². The molecule has 11 heteroatoms. The number of nitrogens with one attached hydrogen (secondary N) is 3. The SMILES string of the molecule is COCCCOc1ccccc1C(=O)NC[C@@H](C[C@H](NC(=O)[C@@H](NC(=O)CN)C(C)C)[C@@H](O)CN1CCCCC1)C(C)C. The second-order valence-corrected chi connectivity index (χ2v) is 12.2. The third-order valence-electron chi connectivity index (χ3n) is 8.04. The average Bonchev–Trinajstić information content (AvgIpc) is 2.99. The molecule has 0 unspecified atom stereocenters. The van der Waals surface area contributed by atoms with E-state index in [-0.39, 0.29) is 36.1 Å². The highest BCUT2D eigenvalue weighted by Gasteiger charge is 2.32. The van der Waals surface area contributed by atoms with Crippen LogP contribution >= 0.6 is 0 Å². The number of aliphatic hydroxyl groups excluding tert-OH is 1. The van der Waals surface area contributed by atoms with Gasteiger partial charge in [0.1, 0.15) is 11.8 Å². The van der Waals surface area contributed by atoms with Crippen LogP contribution in [-0.2, 0) is 14.3 Å². The zero-order chi connectivity index (χ0) is 31.8. The van der Waals surface area contributed by atoms with Gasteiger partial charge in [-0.15, -0.1) is 0 Å². The molecule has 4 atom stereocenters. The maximum Gasteiger partial charge on any atom is 0.255 e. The van der Waals surface area contributed by atoms with E-state index in [0.29, 0.717) is 50.5 Å². The van der Waals surface area contributed by atoms with Gasteiger partial charge < -0.3 is 41.2 Å². The zero-order valence-electron chi connectivity index (χ0n) is 26.8. The van der Waals surface area contributed by atoms with Crippen molar-refractivity contribution >= 4 is 17.7 Å². The van der Waals surface area contributed by atoms with Gasteiger partial charge in [-0.3, -0.25) is 14.4 Å². The fourth-order valence-corrected chi connectivity index (χ4v) is 5.29. The lowest BCUT2D eigenvalue weighted by atomic mass is 9.86. The van der Waals surface area contributed by atoms with Gasteiger partial charge in [-0.1, -0.05) is 46.2 Å². The molecule has 1 aliphatic rings. The van der Waals surface area contributed by atoms with Gasteiger partial charge in [0.2, 0.25) is 11.8 Å². The Hall–Kier alpha value is -2.73. The second kappa shape index (κ2) is 19.5. The summed E-state index contributed by atoms with van der Waals surface area (Å²) < 4.78 is 10.9. The molecule has 0 saturated carbocycles. The summed E-state index contributed by atoms with van der Waals surface area (Å²) >= 11 is 0. The van der Waals surface area contributed by atoms with Gasteiger partial charge in [-0.05, 0) is 62.2 Å². The number of para-hydroxylation sites is 1. The predicted molar refractivity (Wildman–Crippen MR) is 168 cm³/mol. The Morgan fingerprint density at radius 1 is 1.00 bits per heavy atom. The van der Waals surface area contributed by atoms with E-state index in [2.05, 4.69) is 34.7 Å². The summed E-state index contributed by atoms with van der Waals surface area (Å²) in [5, 5.41) is 20.2. The number of nitrogens with zero attached hydrogens (tertiary/aromatic N) is 1. The Bertz CT molecular complexity index is 985. The first-order valence-electron chi connectivity index (χ1n) is 15.8. The van der Waals surface area contributed by atoms with E-state index < -0.39 is 24.1 Å². The summed E-state index contributed by atoms with van der Waals surface area (Å²) in [5.41, 5.74) is 5.93. The summed E-state index contributed by atoms with van der Waals surface area (Å²) in [6.45, 7) is 11.3. The Morgan fingerprint density at radius 3 is 2.33 bits per heavy atom. The number of rotatable bonds is 19. The molecule has 0 aromatic heterocycles. The topological polar surface area (TPSA) is 155 Å². The van der Waals surface area contributed by atoms with Crippen LogP contribution in [-0.4, -0.2) is 99.0 Å². The van der Waals surface area contributed by atoms with E-state index in [4.69, 9.17) is 15.2 Å². The third-order valence-corrected chi connectivity index (χ3v) is 8.04. The molecule has 2 rings (SSSR count). The number of hydrogen-bond donors (Lipinski definition) is 5. The molecule has 1 aromatic rings. The van der Waals surface area contributed by atoms with Gasteiger partial charge in [0.15, 0.2) is 0 Å². The van der Waals surface area contributed by atoms with Crippen molar-refractivity contribution < 1.29 is 29.0 Å². The molecule has 3 amide bonds. The number of nitrogens with two attached hydrogens (primary N) is 1. The number of carbonyl (C=O) groups is 3. The Labute approximate surface area is 257 Å². The fourth-order valence-electron chi connectivity index (χ4n) is 5.29. The van der Waals surface area contributed by atoms with Gasteiger partial charge >= 0.3 is 0 Å². The van der Waals surface area contributed by atoms with Crippen molar-refractivity contribution in [3.8, 4) is 5.75 Å². The predicted octanol–water partition coefficient (Wildman–Crippen LogP) is 1.93. The number of piperidine rings is 1. The molecule has 0 bridgehead atoms. The molecular formula is C32H55N5O6. The highest BCUT2D eigenvalue weighted by molar-refractivity contribution is 5.96. The van der Waals surface area contributed by atoms with E-state index in [1.807, 2.05) is 19.9 Å². The van der Waals surface area contributed by atoms with Crippen LogP contribution in [0.15, 0.2) is 24.3 Å². The number of benzene rings is 1. The number of methoxy groups -OCH3 is 1. The largest absolute Gasteiger partial charge is 0.493 e. The zero-order valence-corrected chi connectivity index (χ0v) is 26.8. The third kappa shape index (κ3) is 12.8. The molecule has 0 radical (unpaired) electrons. The first-order chi connectivity index (χ1) is 20.6. The van der Waals surface area contributed by atoms with E-state index in [0.717, 1.165) is 25.9 Å². The minimum absolute atomic E-state index is 0.0452. The molecule has 1 heterocycles. The molecule has 0 spiro atoms. The number of likely N-dealkylation sites (tertiary alicyclic amines) is 1. The van der Waals surface area contributed by atoms with E-state index in [1.165, 1.54) is 6.42 Å². The summed E-state index contributed by atoms with van der Waals surface area (Å²) in [5.74, 6) is -0.565. The fraction of sp³-hybridized carbons (Fsp3) is 0.719. The maximum atomic E-state index is 13.4. The second-order valence-electron chi connectivity index (χ2n) is 12.2. The summed E-state index contributed by atoms with van der Waals surface area (Å²) in [6.07, 6.45) is 3.69. The smallest absolute Gasteiger partial charge is 0.255 e. The van der Waals surface area contributed by atoms with Crippen LogP contribution in [0.25, 0.3) is 0 Å². The normalized spacial score (nSPS) is 16.8. The molecule has 1 saturated heterocycles. The summed E-state index contributed by atoms with van der Waals surface area (Å²) in [4.78, 5) is 40.9. The standard InChI is InChI=1S/C32H55N5O6/c1-22(2)24(20-34-31(40)25-12-7-8-13-28(25)43-17-11-16-42-5)18-26(27(38)21-37-14-9-6-10-15-37)35-32(41)30(23(3)4)36-29(39)19-33/h7-8,12-13,22-24,26-27,30,38H,6,9-11,14-21,33H2,1-5H3,(H,34,40)(H,35,41)(H,36,39)/t24-,26+,27+,30+/m1/s1. The van der Waals surface area contributed by atoms with Crippen molar-refractivity contribution in [2.45, 2.75) is 78.0 Å². The molecule has 6 N–H and O–H groups in total. The van der Waals surface area contributed by atoms with Crippen molar-refractivity contribution in [1.82, 2.24) is 20.9 Å². The van der Waals surface area contributed by atoms with Crippen LogP contribution in [0.4, 0.5) is 0 Å². The van der Waals surface area contributed by atoms with Gasteiger partial charge in [0, 0.05) is 33.2 Å². The van der Waals surface area contributed by atoms with Gasteiger partial charge in [0.25, 0.3) is 5.91 Å². The Kier molecular flexibility index (Phi) is 16.6. The van der Waals surface area contributed by atoms with Crippen LogP contribution in [0.5, 0.6) is 5.75 Å². The van der Waals surface area contributed by atoms with Crippen LogP contribution in [0.1, 0.15) is 70.2 Å². The number of amides is 3. The first-order valence-corrected chi connectivity index (χ1v) is 15.8. The molecule has 1 fully saturated rings. The first kappa shape index (κ1) is 36.5. The maximum absolute atomic E-state index is 13.4. The Morgan fingerprint density at radius 2 is 1.70 bits per heavy atom. The van der Waals surface area contributed by atoms with Gasteiger partial charge in [0.05, 0.1) is 30.9 Å². The summed E-state index contributed by atoms with van der Waals surface area (Å²) in [6, 6.07) is 5.78. The molecule has 43 heavy (non-hydrogen) atoms. The molecular weight excluding hydrogens is 550 g/mol. The molecule has 1 aromatic carbocycles. The minimum Gasteiger partial charge on any atom is -0.493 e. The number of aliphatic hydroxyl groups is 1. The number of hydrogen-bond acceptors (Lipinski definition) is 8. The van der Waals surface area contributed by atoms with Gasteiger partial charge in [-0.2, -0.15) is 0 Å². The Balaban J connectivity index is 2.16. The number of carbonyl (C=O) groups excluding carboxylic acids is 3. The van der Waals surface area contributed by atoms with Crippen molar-refractivity contribution in [2.24, 2.45) is 23.5 Å². The molecule has 11 nitrogen and oxygen atoms in total. The van der Waals surface area contributed by atoms with Crippen molar-refractivity contribution in [3.63, 3.8) is 0 Å². The van der Waals surface area contributed by atoms with Crippen LogP contribution in [0, 0.1) is 17.8 Å². The van der Waals surface area contributed by atoms with Crippen LogP contribution in [0.2, 0.25) is 0 Å². The lowest BCUT2D eigenvalue weighted by Crippen LogP contribution is -2.57. The molecule has 1 aliphatic heterocycles. The van der Waals surface area contributed by atoms with E-state index in [9.17, 15) is 19.5 Å². The minimum atomic E-state index is -0.821. The highest BCUT2D eigenvalue weighted by atomic mass is 16.5. The van der Waals surface area contributed by atoms with Crippen molar-refractivity contribution in [3.05, 3.63) is 29.8 Å². The number of β-amino-alcohol motifs (C(OH)–C–C–N with tert-alkyl or cyclic N) is 1. The molecule has 244 valence electrons. The molecule has 0 aliphatic carbocycles. The average molecular weight is 606 g/mol. The monoisotopic (exact) mass is 605 g/mol. The van der Waals surface area contributed by atoms with E-state index >= 15 is 0 Å². The van der Waals surface area contributed by atoms with Crippen LogP contribution < -0.4 is 26.4 Å². The lowest BCUT2D eigenvalue weighted by molar-refractivity contribution is -0.130. The van der Waals surface area contributed by atoms with E-state index in [1.54, 1.807) is 25.3 Å². The number of ether oxygens (including phenoxy) is 2. The van der Waals surface area contributed by atoms with Crippen LogP contribution in [0.3, 0.4) is 0 Å². The summed E-state index contributed by atoms with van der Waals surface area (Å²) in [7, 11) is 1.64.